The van der Waals surface area contributed by atoms with Crippen LogP contribution in [0.15, 0.2) is 48.7 Å². The Hall–Kier alpha value is -2.93. The molecule has 0 amide bonds. The molecule has 0 aliphatic carbocycles. The molecule has 2 N–H and O–H groups in total. The van der Waals surface area contributed by atoms with Gasteiger partial charge in [-0.3, -0.25) is 0 Å². The summed E-state index contributed by atoms with van der Waals surface area (Å²) in [5, 5.41) is 14.4. The lowest BCUT2D eigenvalue weighted by atomic mass is 10.3. The van der Waals surface area contributed by atoms with E-state index in [9.17, 15) is 4.39 Å². The van der Waals surface area contributed by atoms with Crippen molar-refractivity contribution in [1.82, 2.24) is 15.2 Å². The topological polar surface area (TPSA) is 72.0 Å². The first kappa shape index (κ1) is 15.9. The fourth-order valence-electron chi connectivity index (χ4n) is 2.00. The molecule has 0 unspecified atom stereocenters. The Bertz CT molecular complexity index is 844. The molecule has 2 aromatic carbocycles. The van der Waals surface area contributed by atoms with Crippen molar-refractivity contribution in [2.24, 2.45) is 0 Å². The highest BCUT2D eigenvalue weighted by atomic mass is 35.5. The molecule has 0 bridgehead atoms. The van der Waals surface area contributed by atoms with Crippen molar-refractivity contribution in [3.05, 3.63) is 59.5 Å². The van der Waals surface area contributed by atoms with E-state index in [1.807, 2.05) is 0 Å². The molecule has 0 spiro atoms. The summed E-state index contributed by atoms with van der Waals surface area (Å²) in [6, 6.07) is 11.1. The van der Waals surface area contributed by atoms with Gasteiger partial charge in [0.25, 0.3) is 0 Å². The number of benzene rings is 2. The molecular weight excluding hydrogens is 333 g/mol. The van der Waals surface area contributed by atoms with Crippen LogP contribution >= 0.6 is 11.6 Å². The minimum Gasteiger partial charge on any atom is -0.495 e. The highest BCUT2D eigenvalue weighted by molar-refractivity contribution is 6.31. The third-order valence-electron chi connectivity index (χ3n) is 3.08. The minimum absolute atomic E-state index is 0.266. The number of nitrogens with zero attached hydrogens (tertiary/aromatic N) is 3. The number of aromatic nitrogens is 3. The second kappa shape index (κ2) is 7.10. The first-order valence-corrected chi connectivity index (χ1v) is 7.35. The summed E-state index contributed by atoms with van der Waals surface area (Å²) in [5.74, 6) is 1.01. The van der Waals surface area contributed by atoms with Crippen LogP contribution < -0.4 is 15.4 Å². The van der Waals surface area contributed by atoms with E-state index < -0.39 is 0 Å². The number of anilines is 4. The Morgan fingerprint density at radius 1 is 1.08 bits per heavy atom. The van der Waals surface area contributed by atoms with Gasteiger partial charge in [0.15, 0.2) is 5.82 Å². The fourth-order valence-corrected chi connectivity index (χ4v) is 2.17. The Balaban J connectivity index is 1.80. The number of rotatable bonds is 5. The molecule has 3 aromatic rings. The highest BCUT2D eigenvalue weighted by Crippen LogP contribution is 2.29. The maximum atomic E-state index is 12.9. The molecule has 0 atom stereocenters. The number of nitrogens with one attached hydrogen (secondary N) is 2. The van der Waals surface area contributed by atoms with Gasteiger partial charge in [0.2, 0.25) is 5.95 Å². The largest absolute Gasteiger partial charge is 0.495 e. The van der Waals surface area contributed by atoms with E-state index in [-0.39, 0.29) is 11.8 Å². The third-order valence-corrected chi connectivity index (χ3v) is 3.32. The fraction of sp³-hybridized carbons (Fsp3) is 0.0625. The van der Waals surface area contributed by atoms with Gasteiger partial charge in [0.05, 0.1) is 19.0 Å². The van der Waals surface area contributed by atoms with Gasteiger partial charge < -0.3 is 15.4 Å². The molecule has 0 saturated heterocycles. The van der Waals surface area contributed by atoms with Gasteiger partial charge in [0.1, 0.15) is 11.6 Å². The van der Waals surface area contributed by atoms with Crippen molar-refractivity contribution < 1.29 is 9.13 Å². The summed E-state index contributed by atoms with van der Waals surface area (Å²) >= 11 is 6.00. The Kier molecular flexibility index (Phi) is 4.72. The van der Waals surface area contributed by atoms with Crippen LogP contribution in [-0.4, -0.2) is 22.3 Å². The van der Waals surface area contributed by atoms with E-state index in [0.29, 0.717) is 28.0 Å². The van der Waals surface area contributed by atoms with Crippen LogP contribution in [0.5, 0.6) is 5.75 Å². The van der Waals surface area contributed by atoms with Crippen molar-refractivity contribution in [2.75, 3.05) is 17.7 Å². The molecule has 0 aliphatic rings. The average molecular weight is 346 g/mol. The number of ether oxygens (including phenoxy) is 1. The van der Waals surface area contributed by atoms with Gasteiger partial charge in [-0.15, -0.1) is 5.10 Å². The van der Waals surface area contributed by atoms with Gasteiger partial charge in [0, 0.05) is 10.7 Å². The Labute approximate surface area is 142 Å². The van der Waals surface area contributed by atoms with E-state index in [4.69, 9.17) is 16.3 Å². The van der Waals surface area contributed by atoms with Crippen LogP contribution in [-0.2, 0) is 0 Å². The second-order valence-corrected chi connectivity index (χ2v) is 5.20. The number of halogens is 2. The van der Waals surface area contributed by atoms with Crippen molar-refractivity contribution in [3.8, 4) is 5.75 Å². The zero-order chi connectivity index (χ0) is 16.9. The third kappa shape index (κ3) is 3.88. The molecule has 8 heteroatoms. The number of methoxy groups -OCH3 is 1. The normalized spacial score (nSPS) is 10.3. The van der Waals surface area contributed by atoms with Crippen LogP contribution in [0.2, 0.25) is 5.02 Å². The van der Waals surface area contributed by atoms with Crippen LogP contribution in [0.4, 0.5) is 27.5 Å². The number of hydrogen-bond acceptors (Lipinski definition) is 6. The monoisotopic (exact) mass is 345 g/mol. The summed E-state index contributed by atoms with van der Waals surface area (Å²) < 4.78 is 18.2. The molecule has 0 fully saturated rings. The molecule has 0 saturated carbocycles. The Morgan fingerprint density at radius 3 is 2.62 bits per heavy atom. The lowest BCUT2D eigenvalue weighted by molar-refractivity contribution is 0.417. The maximum absolute atomic E-state index is 12.9. The summed E-state index contributed by atoms with van der Waals surface area (Å²) in [6.45, 7) is 0. The van der Waals surface area contributed by atoms with E-state index in [1.165, 1.54) is 18.3 Å². The predicted octanol–water partition coefficient (Wildman–Crippen LogP) is 4.16. The quantitative estimate of drug-likeness (QED) is 0.723. The minimum atomic E-state index is -0.309. The van der Waals surface area contributed by atoms with E-state index >= 15 is 0 Å². The maximum Gasteiger partial charge on any atom is 0.249 e. The summed E-state index contributed by atoms with van der Waals surface area (Å²) in [4.78, 5) is 4.30. The van der Waals surface area contributed by atoms with Gasteiger partial charge >= 0.3 is 0 Å². The van der Waals surface area contributed by atoms with Crippen molar-refractivity contribution in [1.29, 1.82) is 0 Å². The summed E-state index contributed by atoms with van der Waals surface area (Å²) in [7, 11) is 1.56. The molecular formula is C16H13ClFN5O. The predicted molar refractivity (Wildman–Crippen MR) is 90.8 cm³/mol. The SMILES string of the molecule is COc1ccc(Cl)cc1Nc1nncc(Nc2ccc(F)cc2)n1. The molecule has 1 heterocycles. The van der Waals surface area contributed by atoms with E-state index in [0.717, 1.165) is 0 Å². The second-order valence-electron chi connectivity index (χ2n) is 4.77. The van der Waals surface area contributed by atoms with Gasteiger partial charge in [-0.05, 0) is 42.5 Å². The molecule has 3 rings (SSSR count). The first-order chi connectivity index (χ1) is 11.6. The van der Waals surface area contributed by atoms with Crippen LogP contribution in [0.25, 0.3) is 0 Å². The molecule has 0 radical (unpaired) electrons. The molecule has 1 aromatic heterocycles. The van der Waals surface area contributed by atoms with Crippen LogP contribution in [0.1, 0.15) is 0 Å². The summed E-state index contributed by atoms with van der Waals surface area (Å²) in [5.41, 5.74) is 1.30. The van der Waals surface area contributed by atoms with E-state index in [1.54, 1.807) is 37.4 Å². The smallest absolute Gasteiger partial charge is 0.249 e. The van der Waals surface area contributed by atoms with Gasteiger partial charge in [-0.2, -0.15) is 10.1 Å². The Morgan fingerprint density at radius 2 is 1.88 bits per heavy atom. The molecule has 24 heavy (non-hydrogen) atoms. The van der Waals surface area contributed by atoms with Crippen LogP contribution in [0, 0.1) is 5.82 Å². The highest BCUT2D eigenvalue weighted by Gasteiger charge is 2.07. The lowest BCUT2D eigenvalue weighted by Gasteiger charge is -2.11. The van der Waals surface area contributed by atoms with Crippen molar-refractivity contribution in [3.63, 3.8) is 0 Å². The van der Waals surface area contributed by atoms with Crippen molar-refractivity contribution >= 4 is 34.7 Å². The summed E-state index contributed by atoms with van der Waals surface area (Å²) in [6.07, 6.45) is 1.46. The first-order valence-electron chi connectivity index (χ1n) is 6.97. The zero-order valence-corrected chi connectivity index (χ0v) is 13.4. The van der Waals surface area contributed by atoms with E-state index in [2.05, 4.69) is 25.8 Å². The standard InChI is InChI=1S/C16H13ClFN5O/c1-24-14-7-2-10(17)8-13(14)21-16-22-15(9-19-23-16)20-12-5-3-11(18)4-6-12/h2-9H,1H3,(H2,20,21,22,23). The zero-order valence-electron chi connectivity index (χ0n) is 12.6. The molecule has 0 aliphatic heterocycles. The number of hydrogen-bond donors (Lipinski definition) is 2. The molecule has 122 valence electrons. The van der Waals surface area contributed by atoms with Crippen molar-refractivity contribution in [2.45, 2.75) is 0 Å². The lowest BCUT2D eigenvalue weighted by Crippen LogP contribution is -2.03. The van der Waals surface area contributed by atoms with Gasteiger partial charge in [-0.1, -0.05) is 11.6 Å². The average Bonchev–Trinajstić information content (AvgIpc) is 2.58. The van der Waals surface area contributed by atoms with Crippen LogP contribution in [0.3, 0.4) is 0 Å². The molecule has 6 nitrogen and oxygen atoms in total. The van der Waals surface area contributed by atoms with Gasteiger partial charge in [-0.25, -0.2) is 4.39 Å².